The molecule has 0 bridgehead atoms. The van der Waals surface area contributed by atoms with Gasteiger partial charge in [-0.3, -0.25) is 0 Å². The van der Waals surface area contributed by atoms with E-state index >= 15 is 0 Å². The summed E-state index contributed by atoms with van der Waals surface area (Å²) in [5.74, 6) is -0.205. The van der Waals surface area contributed by atoms with Crippen LogP contribution < -0.4 is 10.5 Å². The van der Waals surface area contributed by atoms with Crippen LogP contribution in [0.5, 0.6) is 0 Å². The van der Waals surface area contributed by atoms with E-state index < -0.39 is 16.1 Å². The Morgan fingerprint density at radius 1 is 1.59 bits per heavy atom. The fraction of sp³-hybridized carbons (Fsp3) is 0.222. The summed E-state index contributed by atoms with van der Waals surface area (Å²) in [7, 11) is -3.69. The molecular formula is C9H12BrN3O3S. The number of hydrogen-bond donors (Lipinski definition) is 3. The third kappa shape index (κ3) is 3.69. The van der Waals surface area contributed by atoms with E-state index in [1.165, 1.54) is 19.1 Å². The zero-order valence-corrected chi connectivity index (χ0v) is 11.4. The van der Waals surface area contributed by atoms with E-state index in [1.807, 2.05) is 0 Å². The van der Waals surface area contributed by atoms with E-state index in [-0.39, 0.29) is 10.7 Å². The maximum absolute atomic E-state index is 11.9. The zero-order valence-electron chi connectivity index (χ0n) is 8.96. The summed E-state index contributed by atoms with van der Waals surface area (Å²) < 4.78 is 26.7. The zero-order chi connectivity index (χ0) is 13.1. The Balaban J connectivity index is 2.97. The van der Waals surface area contributed by atoms with Crippen LogP contribution >= 0.6 is 15.9 Å². The number of nitrogens with two attached hydrogens (primary N) is 1. The highest BCUT2D eigenvalue weighted by atomic mass is 79.9. The van der Waals surface area contributed by atoms with Crippen molar-refractivity contribution in [1.29, 1.82) is 0 Å². The molecule has 0 aliphatic rings. The number of sulfonamides is 1. The van der Waals surface area contributed by atoms with E-state index in [0.29, 0.717) is 4.47 Å². The summed E-state index contributed by atoms with van der Waals surface area (Å²) in [6, 6.07) is 5.44. The van der Waals surface area contributed by atoms with Crippen molar-refractivity contribution in [3.63, 3.8) is 0 Å². The molecule has 94 valence electrons. The van der Waals surface area contributed by atoms with Crippen LogP contribution in [0.4, 0.5) is 0 Å². The minimum absolute atomic E-state index is 0.101. The molecule has 4 N–H and O–H groups in total. The monoisotopic (exact) mass is 321 g/mol. The minimum atomic E-state index is -3.69. The largest absolute Gasteiger partial charge is 0.409 e. The Bertz CT molecular complexity index is 530. The summed E-state index contributed by atoms with van der Waals surface area (Å²) in [6.45, 7) is 1.48. The predicted octanol–water partition coefficient (Wildman–Crippen LogP) is 0.862. The second-order valence-corrected chi connectivity index (χ2v) is 5.95. The lowest BCUT2D eigenvalue weighted by Gasteiger charge is -2.12. The fourth-order valence-corrected chi connectivity index (χ4v) is 2.89. The van der Waals surface area contributed by atoms with E-state index in [4.69, 9.17) is 10.9 Å². The van der Waals surface area contributed by atoms with Gasteiger partial charge in [0.05, 0.1) is 10.9 Å². The van der Waals surface area contributed by atoms with Crippen molar-refractivity contribution in [1.82, 2.24) is 4.72 Å². The molecular weight excluding hydrogens is 310 g/mol. The molecule has 0 aromatic heterocycles. The average molecular weight is 322 g/mol. The molecule has 0 amide bonds. The average Bonchev–Trinajstić information content (AvgIpc) is 2.27. The molecule has 0 fully saturated rings. The molecule has 1 aromatic carbocycles. The van der Waals surface area contributed by atoms with Crippen molar-refractivity contribution >= 4 is 31.8 Å². The van der Waals surface area contributed by atoms with Crippen LogP contribution in [0.3, 0.4) is 0 Å². The van der Waals surface area contributed by atoms with Crippen LogP contribution in [0.2, 0.25) is 0 Å². The van der Waals surface area contributed by atoms with Crippen LogP contribution in [0, 0.1) is 0 Å². The highest BCUT2D eigenvalue weighted by molar-refractivity contribution is 9.10. The molecule has 1 atom stereocenters. The van der Waals surface area contributed by atoms with E-state index in [1.54, 1.807) is 12.1 Å². The molecule has 0 heterocycles. The predicted molar refractivity (Wildman–Crippen MR) is 67.3 cm³/mol. The highest BCUT2D eigenvalue weighted by Gasteiger charge is 2.19. The van der Waals surface area contributed by atoms with Gasteiger partial charge >= 0.3 is 0 Å². The van der Waals surface area contributed by atoms with Crippen molar-refractivity contribution in [3.8, 4) is 0 Å². The van der Waals surface area contributed by atoms with Gasteiger partial charge < -0.3 is 10.9 Å². The summed E-state index contributed by atoms with van der Waals surface area (Å²) >= 11 is 3.18. The normalized spacial score (nSPS) is 14.6. The van der Waals surface area contributed by atoms with Gasteiger partial charge in [-0.2, -0.15) is 0 Å². The Hall–Kier alpha value is -1.12. The first-order chi connectivity index (χ1) is 7.86. The van der Waals surface area contributed by atoms with Crippen LogP contribution in [0.15, 0.2) is 38.8 Å². The number of rotatable bonds is 4. The number of oxime groups is 1. The van der Waals surface area contributed by atoms with Crippen molar-refractivity contribution < 1.29 is 13.6 Å². The number of hydrogen-bond acceptors (Lipinski definition) is 4. The fourth-order valence-electron chi connectivity index (χ4n) is 1.08. The van der Waals surface area contributed by atoms with Gasteiger partial charge in [0.1, 0.15) is 0 Å². The van der Waals surface area contributed by atoms with Crippen LogP contribution in [0.1, 0.15) is 6.92 Å². The lowest BCUT2D eigenvalue weighted by Crippen LogP contribution is -2.42. The molecule has 1 rings (SSSR count). The first-order valence-electron chi connectivity index (χ1n) is 4.62. The Labute approximate surface area is 108 Å². The van der Waals surface area contributed by atoms with Crippen molar-refractivity contribution in [3.05, 3.63) is 28.7 Å². The topological polar surface area (TPSA) is 105 Å². The lowest BCUT2D eigenvalue weighted by atomic mass is 10.3. The van der Waals surface area contributed by atoms with Crippen LogP contribution in [0.25, 0.3) is 0 Å². The van der Waals surface area contributed by atoms with Gasteiger partial charge in [0, 0.05) is 4.47 Å². The SMILES string of the molecule is CC(NS(=O)(=O)c1cccc(Br)c1)/C(N)=N/O. The van der Waals surface area contributed by atoms with Crippen LogP contribution in [-0.2, 0) is 10.0 Å². The van der Waals surface area contributed by atoms with Crippen molar-refractivity contribution in [2.24, 2.45) is 10.9 Å². The second kappa shape index (κ2) is 5.48. The Morgan fingerprint density at radius 3 is 2.76 bits per heavy atom. The number of amidine groups is 1. The molecule has 0 saturated carbocycles. The maximum atomic E-state index is 11.9. The lowest BCUT2D eigenvalue weighted by molar-refractivity contribution is 0.316. The summed E-state index contributed by atoms with van der Waals surface area (Å²) in [5, 5.41) is 11.2. The third-order valence-corrected chi connectivity index (χ3v) is 4.03. The first kappa shape index (κ1) is 13.9. The van der Waals surface area contributed by atoms with Gasteiger partial charge in [-0.15, -0.1) is 0 Å². The summed E-state index contributed by atoms with van der Waals surface area (Å²) in [6.07, 6.45) is 0. The van der Waals surface area contributed by atoms with Gasteiger partial charge in [0.2, 0.25) is 10.0 Å². The van der Waals surface area contributed by atoms with Crippen molar-refractivity contribution in [2.45, 2.75) is 17.9 Å². The number of nitrogens with zero attached hydrogens (tertiary/aromatic N) is 1. The number of benzene rings is 1. The maximum Gasteiger partial charge on any atom is 0.241 e. The molecule has 1 aromatic rings. The van der Waals surface area contributed by atoms with E-state index in [9.17, 15) is 8.42 Å². The molecule has 6 nitrogen and oxygen atoms in total. The quantitative estimate of drug-likeness (QED) is 0.331. The molecule has 1 unspecified atom stereocenters. The van der Waals surface area contributed by atoms with E-state index in [2.05, 4.69) is 25.8 Å². The van der Waals surface area contributed by atoms with Gasteiger partial charge in [-0.1, -0.05) is 27.2 Å². The minimum Gasteiger partial charge on any atom is -0.409 e. The molecule has 0 aliphatic carbocycles. The second-order valence-electron chi connectivity index (χ2n) is 3.33. The molecule has 0 saturated heterocycles. The molecule has 0 spiro atoms. The molecule has 0 radical (unpaired) electrons. The number of nitrogens with one attached hydrogen (secondary N) is 1. The van der Waals surface area contributed by atoms with Gasteiger partial charge in [0.25, 0.3) is 0 Å². The molecule has 0 aliphatic heterocycles. The standard InChI is InChI=1S/C9H12BrN3O3S/c1-6(9(11)12-14)13-17(15,16)8-4-2-3-7(10)5-8/h2-6,13-14H,1H3,(H2,11,12). The Morgan fingerprint density at radius 2 is 2.24 bits per heavy atom. The van der Waals surface area contributed by atoms with Gasteiger partial charge in [-0.25, -0.2) is 13.1 Å². The van der Waals surface area contributed by atoms with Gasteiger partial charge in [-0.05, 0) is 25.1 Å². The molecule has 17 heavy (non-hydrogen) atoms. The van der Waals surface area contributed by atoms with E-state index in [0.717, 1.165) is 0 Å². The third-order valence-electron chi connectivity index (χ3n) is 2.00. The smallest absolute Gasteiger partial charge is 0.241 e. The summed E-state index contributed by atoms with van der Waals surface area (Å²) in [4.78, 5) is 0.101. The van der Waals surface area contributed by atoms with Gasteiger partial charge in [0.15, 0.2) is 5.84 Å². The number of halogens is 1. The molecule has 8 heteroatoms. The highest BCUT2D eigenvalue weighted by Crippen LogP contribution is 2.16. The Kier molecular flexibility index (Phi) is 4.49. The first-order valence-corrected chi connectivity index (χ1v) is 6.90. The summed E-state index contributed by atoms with van der Waals surface area (Å²) in [5.41, 5.74) is 5.30. The van der Waals surface area contributed by atoms with Crippen LogP contribution in [-0.4, -0.2) is 25.5 Å². The van der Waals surface area contributed by atoms with Crippen molar-refractivity contribution in [2.75, 3.05) is 0 Å².